The van der Waals surface area contributed by atoms with Gasteiger partial charge < -0.3 is 10.4 Å². The van der Waals surface area contributed by atoms with E-state index < -0.39 is 6.10 Å². The first-order chi connectivity index (χ1) is 9.06. The van der Waals surface area contributed by atoms with Crippen molar-refractivity contribution < 1.29 is 5.11 Å². The van der Waals surface area contributed by atoms with Gasteiger partial charge in [-0.2, -0.15) is 0 Å². The highest BCUT2D eigenvalue weighted by molar-refractivity contribution is 6.30. The zero-order valence-corrected chi connectivity index (χ0v) is 11.6. The Kier molecular flexibility index (Phi) is 4.35. The van der Waals surface area contributed by atoms with Crippen molar-refractivity contribution in [3.05, 3.63) is 52.9 Å². The molecular weight excluding hydrogens is 262 g/mol. The molecule has 0 saturated heterocycles. The van der Waals surface area contributed by atoms with E-state index in [2.05, 4.69) is 15.3 Å². The summed E-state index contributed by atoms with van der Waals surface area (Å²) in [4.78, 5) is 8.15. The Morgan fingerprint density at radius 1 is 1.21 bits per heavy atom. The molecule has 2 rings (SSSR count). The minimum Gasteiger partial charge on any atom is -0.386 e. The molecule has 0 fully saturated rings. The zero-order chi connectivity index (χ0) is 13.8. The summed E-state index contributed by atoms with van der Waals surface area (Å²) in [5, 5.41) is 14.1. The molecule has 2 atom stereocenters. The lowest BCUT2D eigenvalue weighted by Crippen LogP contribution is -2.24. The second-order valence-electron chi connectivity index (χ2n) is 4.47. The van der Waals surface area contributed by atoms with Gasteiger partial charge in [-0.05, 0) is 31.5 Å². The predicted molar refractivity (Wildman–Crippen MR) is 76.3 cm³/mol. The number of aromatic nitrogens is 2. The van der Waals surface area contributed by atoms with E-state index in [0.717, 1.165) is 11.3 Å². The van der Waals surface area contributed by atoms with E-state index in [1.807, 2.05) is 32.0 Å². The van der Waals surface area contributed by atoms with Gasteiger partial charge in [0.15, 0.2) is 0 Å². The second kappa shape index (κ2) is 5.99. The lowest BCUT2D eigenvalue weighted by atomic mass is 10.0. The van der Waals surface area contributed by atoms with Gasteiger partial charge in [0.05, 0.1) is 12.1 Å². The average Bonchev–Trinajstić information content (AvgIpc) is 2.39. The van der Waals surface area contributed by atoms with E-state index in [-0.39, 0.29) is 6.04 Å². The molecule has 0 aliphatic heterocycles. The van der Waals surface area contributed by atoms with Gasteiger partial charge >= 0.3 is 0 Å². The molecule has 0 aliphatic carbocycles. The summed E-state index contributed by atoms with van der Waals surface area (Å²) in [6, 6.07) is 8.83. The van der Waals surface area contributed by atoms with Gasteiger partial charge in [0, 0.05) is 16.8 Å². The molecule has 0 radical (unpaired) electrons. The SMILES string of the molecule is Cc1cc(NC(C)C(O)c2ccc(Cl)cc2)ncn1. The average molecular weight is 278 g/mol. The van der Waals surface area contributed by atoms with Crippen molar-refractivity contribution >= 4 is 17.4 Å². The maximum atomic E-state index is 10.3. The summed E-state index contributed by atoms with van der Waals surface area (Å²) in [5.41, 5.74) is 1.70. The Hall–Kier alpha value is -1.65. The number of aliphatic hydroxyl groups is 1. The monoisotopic (exact) mass is 277 g/mol. The zero-order valence-electron chi connectivity index (χ0n) is 10.8. The third-order valence-electron chi connectivity index (χ3n) is 2.86. The van der Waals surface area contributed by atoms with Crippen LogP contribution >= 0.6 is 11.6 Å². The van der Waals surface area contributed by atoms with Gasteiger partial charge in [-0.15, -0.1) is 0 Å². The lowest BCUT2D eigenvalue weighted by Gasteiger charge is -2.21. The number of hydrogen-bond acceptors (Lipinski definition) is 4. The molecule has 2 unspecified atom stereocenters. The summed E-state index contributed by atoms with van der Waals surface area (Å²) in [5.74, 6) is 0.702. The minimum atomic E-state index is -0.632. The number of rotatable bonds is 4. The van der Waals surface area contributed by atoms with E-state index in [9.17, 15) is 5.11 Å². The van der Waals surface area contributed by atoms with Crippen LogP contribution in [0.3, 0.4) is 0 Å². The van der Waals surface area contributed by atoms with Crippen LogP contribution in [0.2, 0.25) is 5.02 Å². The topological polar surface area (TPSA) is 58.0 Å². The molecule has 0 aliphatic rings. The molecule has 0 bridgehead atoms. The maximum Gasteiger partial charge on any atom is 0.129 e. The summed E-state index contributed by atoms with van der Waals surface area (Å²) >= 11 is 5.83. The third-order valence-corrected chi connectivity index (χ3v) is 3.12. The van der Waals surface area contributed by atoms with E-state index in [0.29, 0.717) is 10.8 Å². The Labute approximate surface area is 117 Å². The largest absolute Gasteiger partial charge is 0.386 e. The molecule has 1 aromatic heterocycles. The van der Waals surface area contributed by atoms with Gasteiger partial charge in [0.25, 0.3) is 0 Å². The standard InChI is InChI=1S/C14H16ClN3O/c1-9-7-13(17-8-16-9)18-10(2)14(19)11-3-5-12(15)6-4-11/h3-8,10,14,19H,1-2H3,(H,16,17,18). The molecular formula is C14H16ClN3O. The Morgan fingerprint density at radius 2 is 1.89 bits per heavy atom. The fourth-order valence-electron chi connectivity index (χ4n) is 1.79. The van der Waals surface area contributed by atoms with Gasteiger partial charge in [-0.3, -0.25) is 0 Å². The normalized spacial score (nSPS) is 13.9. The highest BCUT2D eigenvalue weighted by Crippen LogP contribution is 2.21. The maximum absolute atomic E-state index is 10.3. The molecule has 100 valence electrons. The fourth-order valence-corrected chi connectivity index (χ4v) is 1.92. The van der Waals surface area contributed by atoms with Gasteiger partial charge in [0.1, 0.15) is 12.1 Å². The lowest BCUT2D eigenvalue weighted by molar-refractivity contribution is 0.160. The quantitative estimate of drug-likeness (QED) is 0.902. The van der Waals surface area contributed by atoms with Crippen LogP contribution in [0.1, 0.15) is 24.3 Å². The van der Waals surface area contributed by atoms with Crippen LogP contribution in [0.5, 0.6) is 0 Å². The molecule has 2 aromatic rings. The highest BCUT2D eigenvalue weighted by atomic mass is 35.5. The second-order valence-corrected chi connectivity index (χ2v) is 4.91. The molecule has 0 spiro atoms. The smallest absolute Gasteiger partial charge is 0.129 e. The molecule has 0 amide bonds. The molecule has 2 N–H and O–H groups in total. The van der Waals surface area contributed by atoms with Crippen molar-refractivity contribution in [1.29, 1.82) is 0 Å². The van der Waals surface area contributed by atoms with Crippen molar-refractivity contribution in [2.24, 2.45) is 0 Å². The highest BCUT2D eigenvalue weighted by Gasteiger charge is 2.16. The Balaban J connectivity index is 2.07. The number of nitrogens with one attached hydrogen (secondary N) is 1. The molecule has 1 heterocycles. The van der Waals surface area contributed by atoms with Crippen LogP contribution in [0, 0.1) is 6.92 Å². The fraction of sp³-hybridized carbons (Fsp3) is 0.286. The van der Waals surface area contributed by atoms with Crippen LogP contribution in [0.25, 0.3) is 0 Å². The summed E-state index contributed by atoms with van der Waals surface area (Å²) in [6.45, 7) is 3.80. The molecule has 4 nitrogen and oxygen atoms in total. The van der Waals surface area contributed by atoms with Gasteiger partial charge in [-0.1, -0.05) is 23.7 Å². The van der Waals surface area contributed by atoms with Crippen molar-refractivity contribution in [2.75, 3.05) is 5.32 Å². The first kappa shape index (κ1) is 13.8. The van der Waals surface area contributed by atoms with Crippen molar-refractivity contribution in [3.63, 3.8) is 0 Å². The van der Waals surface area contributed by atoms with E-state index >= 15 is 0 Å². The first-order valence-electron chi connectivity index (χ1n) is 6.05. The Morgan fingerprint density at radius 3 is 2.53 bits per heavy atom. The van der Waals surface area contributed by atoms with Crippen molar-refractivity contribution in [2.45, 2.75) is 26.0 Å². The summed E-state index contributed by atoms with van der Waals surface area (Å²) in [7, 11) is 0. The molecule has 1 aromatic carbocycles. The number of halogens is 1. The summed E-state index contributed by atoms with van der Waals surface area (Å²) < 4.78 is 0. The first-order valence-corrected chi connectivity index (χ1v) is 6.43. The molecule has 19 heavy (non-hydrogen) atoms. The van der Waals surface area contributed by atoms with Crippen LogP contribution < -0.4 is 5.32 Å². The third kappa shape index (κ3) is 3.66. The van der Waals surface area contributed by atoms with Crippen molar-refractivity contribution in [1.82, 2.24) is 9.97 Å². The van der Waals surface area contributed by atoms with Gasteiger partial charge in [0.2, 0.25) is 0 Å². The summed E-state index contributed by atoms with van der Waals surface area (Å²) in [6.07, 6.45) is 0.867. The minimum absolute atomic E-state index is 0.171. The van der Waals surface area contributed by atoms with E-state index in [4.69, 9.17) is 11.6 Å². The number of benzene rings is 1. The number of nitrogens with zero attached hydrogens (tertiary/aromatic N) is 2. The van der Waals surface area contributed by atoms with E-state index in [1.165, 1.54) is 6.33 Å². The van der Waals surface area contributed by atoms with Gasteiger partial charge in [-0.25, -0.2) is 9.97 Å². The van der Waals surface area contributed by atoms with E-state index in [1.54, 1.807) is 12.1 Å². The van der Waals surface area contributed by atoms with Crippen LogP contribution in [-0.2, 0) is 0 Å². The molecule has 5 heteroatoms. The Bertz CT molecular complexity index is 545. The number of aryl methyl sites for hydroxylation is 1. The number of hydrogen-bond donors (Lipinski definition) is 2. The van der Waals surface area contributed by atoms with Crippen LogP contribution in [0.4, 0.5) is 5.82 Å². The predicted octanol–water partition coefficient (Wildman–Crippen LogP) is 2.97. The molecule has 0 saturated carbocycles. The van der Waals surface area contributed by atoms with Crippen molar-refractivity contribution in [3.8, 4) is 0 Å². The number of aliphatic hydroxyl groups excluding tert-OH is 1. The number of anilines is 1. The van der Waals surface area contributed by atoms with Crippen LogP contribution in [-0.4, -0.2) is 21.1 Å². The van der Waals surface area contributed by atoms with Crippen LogP contribution in [0.15, 0.2) is 36.7 Å².